The molecule has 2 rings (SSSR count). The Balaban J connectivity index is 2.33. The molecule has 0 atom stereocenters. The molecule has 21 heavy (non-hydrogen) atoms. The summed E-state index contributed by atoms with van der Waals surface area (Å²) >= 11 is 0. The largest absolute Gasteiger partial charge is 0.466 e. The number of methoxy groups -OCH3 is 1. The molecule has 0 spiro atoms. The van der Waals surface area contributed by atoms with Crippen molar-refractivity contribution in [2.45, 2.75) is 20.8 Å². The van der Waals surface area contributed by atoms with Crippen LogP contribution >= 0.6 is 0 Å². The highest BCUT2D eigenvalue weighted by molar-refractivity contribution is 6.08. The summed E-state index contributed by atoms with van der Waals surface area (Å²) in [6, 6.07) is 6.84. The van der Waals surface area contributed by atoms with E-state index < -0.39 is 5.97 Å². The monoisotopic (exact) mass is 287 g/mol. The molecular weight excluding hydrogens is 270 g/mol. The van der Waals surface area contributed by atoms with Gasteiger partial charge in [-0.05, 0) is 39.0 Å². The smallest absolute Gasteiger partial charge is 0.339 e. The zero-order valence-corrected chi connectivity index (χ0v) is 12.4. The van der Waals surface area contributed by atoms with Gasteiger partial charge in [0.15, 0.2) is 0 Å². The van der Waals surface area contributed by atoms with Crippen LogP contribution in [0.4, 0.5) is 5.69 Å². The van der Waals surface area contributed by atoms with Crippen LogP contribution in [-0.2, 0) is 4.74 Å². The van der Waals surface area contributed by atoms with Crippen LogP contribution in [0.5, 0.6) is 0 Å². The Labute approximate surface area is 122 Å². The fourth-order valence-electron chi connectivity index (χ4n) is 2.09. The Morgan fingerprint density at radius 1 is 1.10 bits per heavy atom. The Morgan fingerprint density at radius 2 is 1.81 bits per heavy atom. The van der Waals surface area contributed by atoms with Gasteiger partial charge in [-0.25, -0.2) is 4.79 Å². The van der Waals surface area contributed by atoms with Gasteiger partial charge in [0.2, 0.25) is 0 Å². The Morgan fingerprint density at radius 3 is 2.38 bits per heavy atom. The molecule has 5 nitrogen and oxygen atoms in total. The lowest BCUT2D eigenvalue weighted by Crippen LogP contribution is -2.15. The second-order valence-electron chi connectivity index (χ2n) is 4.82. The second kappa shape index (κ2) is 5.83. The van der Waals surface area contributed by atoms with Gasteiger partial charge in [-0.1, -0.05) is 11.6 Å². The third kappa shape index (κ3) is 3.13. The quantitative estimate of drug-likeness (QED) is 0.880. The SMILES string of the molecule is COC(=O)c1cc(C)ccc1NC(=O)c1cc(C)oc1C. The van der Waals surface area contributed by atoms with E-state index in [9.17, 15) is 9.59 Å². The van der Waals surface area contributed by atoms with E-state index in [0.29, 0.717) is 28.3 Å². The van der Waals surface area contributed by atoms with Crippen molar-refractivity contribution in [2.24, 2.45) is 0 Å². The van der Waals surface area contributed by atoms with Gasteiger partial charge in [0.25, 0.3) is 5.91 Å². The number of nitrogens with one attached hydrogen (secondary N) is 1. The number of hydrogen-bond acceptors (Lipinski definition) is 4. The van der Waals surface area contributed by atoms with Crippen LogP contribution < -0.4 is 5.32 Å². The predicted molar refractivity (Wildman–Crippen MR) is 78.7 cm³/mol. The van der Waals surface area contributed by atoms with Crippen molar-refractivity contribution in [1.82, 2.24) is 0 Å². The summed E-state index contributed by atoms with van der Waals surface area (Å²) in [5.74, 6) is 0.388. The van der Waals surface area contributed by atoms with Crippen molar-refractivity contribution in [3.63, 3.8) is 0 Å². The highest BCUT2D eigenvalue weighted by Gasteiger charge is 2.18. The minimum absolute atomic E-state index is 0.321. The van der Waals surface area contributed by atoms with Crippen LogP contribution in [0.1, 0.15) is 37.8 Å². The topological polar surface area (TPSA) is 68.5 Å². The number of amides is 1. The summed E-state index contributed by atoms with van der Waals surface area (Å²) in [6.45, 7) is 5.36. The molecule has 0 radical (unpaired) electrons. The maximum Gasteiger partial charge on any atom is 0.339 e. The van der Waals surface area contributed by atoms with Crippen molar-refractivity contribution < 1.29 is 18.7 Å². The van der Waals surface area contributed by atoms with Gasteiger partial charge in [0, 0.05) is 0 Å². The van der Waals surface area contributed by atoms with E-state index >= 15 is 0 Å². The van der Waals surface area contributed by atoms with Crippen LogP contribution in [0.25, 0.3) is 0 Å². The molecule has 2 aromatic rings. The Hall–Kier alpha value is -2.56. The summed E-state index contributed by atoms with van der Waals surface area (Å²) < 4.78 is 10.1. The molecule has 0 saturated carbocycles. The summed E-state index contributed by atoms with van der Waals surface area (Å²) in [4.78, 5) is 24.1. The van der Waals surface area contributed by atoms with Gasteiger partial charge in [-0.15, -0.1) is 0 Å². The van der Waals surface area contributed by atoms with Crippen molar-refractivity contribution >= 4 is 17.6 Å². The predicted octanol–water partition coefficient (Wildman–Crippen LogP) is 3.24. The minimum atomic E-state index is -0.492. The molecule has 0 saturated heterocycles. The first kappa shape index (κ1) is 14.8. The first-order chi connectivity index (χ1) is 9.92. The molecular formula is C16H17NO4. The number of rotatable bonds is 3. The van der Waals surface area contributed by atoms with Gasteiger partial charge in [-0.3, -0.25) is 4.79 Å². The standard InChI is InChI=1S/C16H17NO4/c1-9-5-6-14(13(7-9)16(19)20-4)17-15(18)12-8-10(2)21-11(12)3/h5-8H,1-4H3,(H,17,18). The number of hydrogen-bond donors (Lipinski definition) is 1. The molecule has 0 bridgehead atoms. The number of furan rings is 1. The van der Waals surface area contributed by atoms with Crippen molar-refractivity contribution in [3.8, 4) is 0 Å². The summed E-state index contributed by atoms with van der Waals surface area (Å²) in [5, 5.41) is 2.72. The molecule has 1 heterocycles. The molecule has 0 aliphatic rings. The van der Waals surface area contributed by atoms with Gasteiger partial charge in [0.1, 0.15) is 11.5 Å². The van der Waals surface area contributed by atoms with E-state index in [1.165, 1.54) is 7.11 Å². The molecule has 1 N–H and O–H groups in total. The van der Waals surface area contributed by atoms with Crippen molar-refractivity contribution in [3.05, 3.63) is 52.5 Å². The molecule has 1 aromatic heterocycles. The van der Waals surface area contributed by atoms with Crippen molar-refractivity contribution in [1.29, 1.82) is 0 Å². The lowest BCUT2D eigenvalue weighted by Gasteiger charge is -2.10. The molecule has 0 unspecified atom stereocenters. The van der Waals surface area contributed by atoms with E-state index in [1.807, 2.05) is 13.0 Å². The number of benzene rings is 1. The lowest BCUT2D eigenvalue weighted by atomic mass is 10.1. The molecule has 0 aliphatic heterocycles. The molecule has 0 fully saturated rings. The highest BCUT2D eigenvalue weighted by Crippen LogP contribution is 2.21. The highest BCUT2D eigenvalue weighted by atomic mass is 16.5. The van der Waals surface area contributed by atoms with E-state index in [4.69, 9.17) is 9.15 Å². The van der Waals surface area contributed by atoms with Crippen LogP contribution in [0.3, 0.4) is 0 Å². The molecule has 110 valence electrons. The number of carbonyl (C=O) groups is 2. The third-order valence-electron chi connectivity index (χ3n) is 3.11. The average Bonchev–Trinajstić information content (AvgIpc) is 2.78. The number of esters is 1. The maximum atomic E-state index is 12.3. The van der Waals surface area contributed by atoms with Crippen molar-refractivity contribution in [2.75, 3.05) is 12.4 Å². The van der Waals surface area contributed by atoms with Gasteiger partial charge in [-0.2, -0.15) is 0 Å². The molecule has 0 aliphatic carbocycles. The minimum Gasteiger partial charge on any atom is -0.466 e. The zero-order valence-electron chi connectivity index (χ0n) is 12.4. The van der Waals surface area contributed by atoms with E-state index in [1.54, 1.807) is 32.0 Å². The van der Waals surface area contributed by atoms with Crippen LogP contribution in [0.2, 0.25) is 0 Å². The zero-order chi connectivity index (χ0) is 15.6. The normalized spacial score (nSPS) is 10.3. The number of anilines is 1. The number of aryl methyl sites for hydroxylation is 3. The fourth-order valence-corrected chi connectivity index (χ4v) is 2.09. The fraction of sp³-hybridized carbons (Fsp3) is 0.250. The summed E-state index contributed by atoms with van der Waals surface area (Å²) in [7, 11) is 1.31. The first-order valence-electron chi connectivity index (χ1n) is 6.49. The second-order valence-corrected chi connectivity index (χ2v) is 4.82. The van der Waals surface area contributed by atoms with Gasteiger partial charge in [0.05, 0.1) is 23.9 Å². The number of carbonyl (C=O) groups excluding carboxylic acids is 2. The van der Waals surface area contributed by atoms with E-state index in [2.05, 4.69) is 5.32 Å². The van der Waals surface area contributed by atoms with E-state index in [0.717, 1.165) is 5.56 Å². The van der Waals surface area contributed by atoms with Crippen LogP contribution in [-0.4, -0.2) is 19.0 Å². The Bertz CT molecular complexity index is 700. The molecule has 1 aromatic carbocycles. The maximum absolute atomic E-state index is 12.3. The Kier molecular flexibility index (Phi) is 4.12. The first-order valence-corrected chi connectivity index (χ1v) is 6.49. The van der Waals surface area contributed by atoms with Gasteiger partial charge < -0.3 is 14.5 Å². The molecule has 5 heteroatoms. The van der Waals surface area contributed by atoms with Crippen LogP contribution in [0.15, 0.2) is 28.7 Å². The van der Waals surface area contributed by atoms with Gasteiger partial charge >= 0.3 is 5.97 Å². The summed E-state index contributed by atoms with van der Waals surface area (Å²) in [5.41, 5.74) is 2.09. The van der Waals surface area contributed by atoms with E-state index in [-0.39, 0.29) is 5.91 Å². The average molecular weight is 287 g/mol. The third-order valence-corrected chi connectivity index (χ3v) is 3.11. The molecule has 1 amide bonds. The lowest BCUT2D eigenvalue weighted by molar-refractivity contribution is 0.0602. The van der Waals surface area contributed by atoms with Crippen LogP contribution in [0, 0.1) is 20.8 Å². The number of ether oxygens (including phenoxy) is 1. The summed E-state index contributed by atoms with van der Waals surface area (Å²) in [6.07, 6.45) is 0.